The molecule has 0 amide bonds. The van der Waals surface area contributed by atoms with E-state index in [1.807, 2.05) is 6.92 Å². The maximum atomic E-state index is 11.4. The number of hydrogen-bond acceptors (Lipinski definition) is 2. The van der Waals surface area contributed by atoms with Crippen molar-refractivity contribution in [2.45, 2.75) is 71.1 Å². The summed E-state index contributed by atoms with van der Waals surface area (Å²) < 4.78 is 5.00. The summed E-state index contributed by atoms with van der Waals surface area (Å²) in [6, 6.07) is 33.6. The normalized spacial score (nSPS) is 11.3. The maximum Gasteiger partial charge on any atom is 0.305 e. The molecule has 186 valence electrons. The van der Waals surface area contributed by atoms with Gasteiger partial charge in [-0.25, -0.2) is 0 Å². The molecule has 0 aliphatic carbocycles. The van der Waals surface area contributed by atoms with Crippen molar-refractivity contribution in [2.75, 3.05) is 12.8 Å². The van der Waals surface area contributed by atoms with E-state index in [9.17, 15) is 4.79 Å². The van der Waals surface area contributed by atoms with Crippen LogP contribution in [0.4, 0.5) is 0 Å². The Balaban J connectivity index is 1.52. The van der Waals surface area contributed by atoms with Crippen molar-refractivity contribution in [3.8, 4) is 0 Å². The van der Waals surface area contributed by atoms with Gasteiger partial charge in [-0.2, -0.15) is 0 Å². The minimum Gasteiger partial charge on any atom is -0.466 e. The third-order valence-electron chi connectivity index (χ3n) is 6.77. The lowest BCUT2D eigenvalue weighted by atomic mass is 10.1. The predicted molar refractivity (Wildman–Crippen MR) is 153 cm³/mol. The average Bonchev–Trinajstić information content (AvgIpc) is 2.91. The predicted octanol–water partition coefficient (Wildman–Crippen LogP) is 7.44. The first-order valence-corrected chi connectivity index (χ1v) is 15.5. The van der Waals surface area contributed by atoms with Crippen LogP contribution < -0.4 is 15.9 Å². The number of esters is 1. The molecule has 0 aromatic heterocycles. The molecule has 35 heavy (non-hydrogen) atoms. The molecule has 0 fully saturated rings. The summed E-state index contributed by atoms with van der Waals surface area (Å²) in [6.07, 6.45) is 12.9. The first-order valence-electron chi connectivity index (χ1n) is 13.5. The van der Waals surface area contributed by atoms with Gasteiger partial charge in [0.05, 0.1) is 12.8 Å². The largest absolute Gasteiger partial charge is 0.466 e. The number of hydrogen-bond donors (Lipinski definition) is 0. The van der Waals surface area contributed by atoms with Gasteiger partial charge in [0.15, 0.2) is 0 Å². The van der Waals surface area contributed by atoms with Gasteiger partial charge in [0.25, 0.3) is 0 Å². The Kier molecular flexibility index (Phi) is 12.1. The summed E-state index contributed by atoms with van der Waals surface area (Å²) >= 11 is 0. The first-order chi connectivity index (χ1) is 17.3. The summed E-state index contributed by atoms with van der Waals surface area (Å²) in [6.45, 7) is 2.36. The van der Waals surface area contributed by atoms with E-state index < -0.39 is 7.26 Å². The molecule has 0 spiro atoms. The standard InChI is InChI=1S/C32H42O2P/c1-2-34-32(33)27-19-8-6-4-3-5-7-9-20-28-35(29-21-13-10-14-22-29,30-23-15-11-16-24-30)31-25-17-12-18-26-31/h10-18,21-26H,2-9,19-20,27-28H2,1H3/q+1. The minimum absolute atomic E-state index is 0.0482. The number of carbonyl (C=O) groups is 1. The molecule has 0 bridgehead atoms. The van der Waals surface area contributed by atoms with Crippen LogP contribution in [0.2, 0.25) is 0 Å². The lowest BCUT2D eigenvalue weighted by Crippen LogP contribution is -2.33. The van der Waals surface area contributed by atoms with Gasteiger partial charge in [0, 0.05) is 6.42 Å². The van der Waals surface area contributed by atoms with Crippen LogP contribution in [0.25, 0.3) is 0 Å². The highest BCUT2D eigenvalue weighted by Crippen LogP contribution is 2.55. The van der Waals surface area contributed by atoms with Gasteiger partial charge in [-0.3, -0.25) is 4.79 Å². The van der Waals surface area contributed by atoms with Crippen LogP contribution in [0.15, 0.2) is 91.0 Å². The molecular weight excluding hydrogens is 447 g/mol. The quantitative estimate of drug-likeness (QED) is 0.119. The van der Waals surface area contributed by atoms with E-state index in [1.165, 1.54) is 67.0 Å². The molecule has 3 aromatic rings. The van der Waals surface area contributed by atoms with Crippen LogP contribution in [-0.2, 0) is 9.53 Å². The summed E-state index contributed by atoms with van der Waals surface area (Å²) in [4.78, 5) is 11.4. The van der Waals surface area contributed by atoms with Crippen molar-refractivity contribution >= 4 is 29.1 Å². The van der Waals surface area contributed by atoms with Gasteiger partial charge in [-0.1, -0.05) is 93.1 Å². The second-order valence-corrected chi connectivity index (χ2v) is 12.9. The van der Waals surface area contributed by atoms with Crippen LogP contribution >= 0.6 is 7.26 Å². The molecule has 2 nitrogen and oxygen atoms in total. The molecule has 0 aliphatic rings. The molecule has 0 N–H and O–H groups in total. The van der Waals surface area contributed by atoms with Crippen molar-refractivity contribution in [3.63, 3.8) is 0 Å². The SMILES string of the molecule is CCOC(=O)CCCCCCCCCCC[P+](c1ccccc1)(c1ccccc1)c1ccccc1. The Bertz CT molecular complexity index is 860. The fourth-order valence-corrected chi connectivity index (χ4v) is 9.38. The number of ether oxygens (including phenoxy) is 1. The van der Waals surface area contributed by atoms with Crippen LogP contribution in [0.3, 0.4) is 0 Å². The Hall–Kier alpha value is -2.44. The van der Waals surface area contributed by atoms with Crippen LogP contribution in [0.1, 0.15) is 71.1 Å². The van der Waals surface area contributed by atoms with Crippen molar-refractivity contribution in [2.24, 2.45) is 0 Å². The van der Waals surface area contributed by atoms with Crippen LogP contribution in [-0.4, -0.2) is 18.7 Å². The Morgan fingerprint density at radius 3 is 1.34 bits per heavy atom. The molecule has 3 aromatic carbocycles. The third kappa shape index (κ3) is 8.32. The molecule has 0 heterocycles. The van der Waals surface area contributed by atoms with E-state index in [4.69, 9.17) is 4.74 Å². The Labute approximate surface area is 213 Å². The van der Waals surface area contributed by atoms with Gasteiger partial charge in [0.2, 0.25) is 0 Å². The molecule has 0 unspecified atom stereocenters. The first kappa shape index (κ1) is 27.2. The van der Waals surface area contributed by atoms with E-state index in [0.29, 0.717) is 13.0 Å². The van der Waals surface area contributed by atoms with Gasteiger partial charge in [-0.05, 0) is 62.6 Å². The van der Waals surface area contributed by atoms with Crippen molar-refractivity contribution in [1.29, 1.82) is 0 Å². The lowest BCUT2D eigenvalue weighted by molar-refractivity contribution is -0.143. The molecule has 0 aliphatic heterocycles. The molecule has 0 radical (unpaired) electrons. The monoisotopic (exact) mass is 489 g/mol. The van der Waals surface area contributed by atoms with Gasteiger partial charge in [0.1, 0.15) is 23.2 Å². The van der Waals surface area contributed by atoms with E-state index in [-0.39, 0.29) is 5.97 Å². The Morgan fingerprint density at radius 1 is 0.571 bits per heavy atom. The zero-order chi connectivity index (χ0) is 24.6. The highest BCUT2D eigenvalue weighted by atomic mass is 31.2. The second-order valence-electron chi connectivity index (χ2n) is 9.28. The summed E-state index contributed by atoms with van der Waals surface area (Å²) in [5.41, 5.74) is 0. The fourth-order valence-electron chi connectivity index (χ4n) is 4.97. The van der Waals surface area contributed by atoms with Gasteiger partial charge >= 0.3 is 5.97 Å². The minimum atomic E-state index is -1.68. The smallest absolute Gasteiger partial charge is 0.305 e. The van der Waals surface area contributed by atoms with Crippen molar-refractivity contribution in [1.82, 2.24) is 0 Å². The van der Waals surface area contributed by atoms with Crippen LogP contribution in [0.5, 0.6) is 0 Å². The fraction of sp³-hybridized carbons (Fsp3) is 0.406. The summed E-state index contributed by atoms with van der Waals surface area (Å²) in [5.74, 6) is -0.0482. The highest BCUT2D eigenvalue weighted by molar-refractivity contribution is 7.95. The van der Waals surface area contributed by atoms with E-state index in [2.05, 4.69) is 91.0 Å². The molecule has 0 saturated heterocycles. The van der Waals surface area contributed by atoms with Crippen molar-refractivity contribution < 1.29 is 9.53 Å². The van der Waals surface area contributed by atoms with Crippen molar-refractivity contribution in [3.05, 3.63) is 91.0 Å². The third-order valence-corrected chi connectivity index (χ3v) is 11.3. The zero-order valence-electron chi connectivity index (χ0n) is 21.4. The Morgan fingerprint density at radius 2 is 0.943 bits per heavy atom. The van der Waals surface area contributed by atoms with Gasteiger partial charge < -0.3 is 4.74 Å². The molecule has 3 heteroatoms. The molecule has 0 atom stereocenters. The number of carbonyl (C=O) groups excluding carboxylic acids is 1. The van der Waals surface area contributed by atoms with E-state index in [0.717, 1.165) is 12.8 Å². The number of rotatable bonds is 16. The summed E-state index contributed by atoms with van der Waals surface area (Å²) in [7, 11) is -1.68. The maximum absolute atomic E-state index is 11.4. The molecule has 0 saturated carbocycles. The second kappa shape index (κ2) is 15.5. The number of benzene rings is 3. The topological polar surface area (TPSA) is 26.3 Å². The molecule has 3 rings (SSSR count). The average molecular weight is 490 g/mol. The molecular formula is C32H42O2P+. The van der Waals surface area contributed by atoms with E-state index in [1.54, 1.807) is 0 Å². The lowest BCUT2D eigenvalue weighted by Gasteiger charge is -2.27. The van der Waals surface area contributed by atoms with Crippen LogP contribution in [0, 0.1) is 0 Å². The number of unbranched alkanes of at least 4 members (excludes halogenated alkanes) is 8. The zero-order valence-corrected chi connectivity index (χ0v) is 22.3. The summed E-state index contributed by atoms with van der Waals surface area (Å²) in [5, 5.41) is 4.46. The van der Waals surface area contributed by atoms with Gasteiger partial charge in [-0.15, -0.1) is 0 Å². The van der Waals surface area contributed by atoms with E-state index >= 15 is 0 Å². The highest BCUT2D eigenvalue weighted by Gasteiger charge is 2.44.